The van der Waals surface area contributed by atoms with Crippen molar-refractivity contribution < 1.29 is 4.74 Å². The minimum Gasteiger partial charge on any atom is -0.457 e. The Morgan fingerprint density at radius 1 is 0.485 bits per heavy atom. The van der Waals surface area contributed by atoms with Gasteiger partial charge in [-0.2, -0.15) is 0 Å². The maximum Gasteiger partial charge on any atom is 0.137 e. The lowest BCUT2D eigenvalue weighted by Gasteiger charge is -2.27. The van der Waals surface area contributed by atoms with Crippen LogP contribution >= 0.6 is 0 Å². The van der Waals surface area contributed by atoms with Gasteiger partial charge in [-0.3, -0.25) is 4.57 Å². The Labute approximate surface area is 406 Å². The molecule has 350 valence electrons. The Hall–Kier alpha value is -6.33. The van der Waals surface area contributed by atoms with Crippen molar-refractivity contribution >= 4 is 44.6 Å². The highest BCUT2D eigenvalue weighted by Gasteiger charge is 2.32. The van der Waals surface area contributed by atoms with Gasteiger partial charge in [0.15, 0.2) is 0 Å². The summed E-state index contributed by atoms with van der Waals surface area (Å²) in [4.78, 5) is 9.92. The van der Waals surface area contributed by atoms with Crippen LogP contribution in [0.4, 0.5) is 22.7 Å². The third-order valence-corrected chi connectivity index (χ3v) is 14.1. The molecule has 68 heavy (non-hydrogen) atoms. The largest absolute Gasteiger partial charge is 0.457 e. The molecule has 1 aliphatic heterocycles. The molecular weight excluding hydrogens is 829 g/mol. The zero-order valence-electron chi connectivity index (χ0n) is 43.3. The first kappa shape index (κ1) is 46.8. The van der Waals surface area contributed by atoms with Gasteiger partial charge in [-0.05, 0) is 145 Å². The van der Waals surface area contributed by atoms with Crippen molar-refractivity contribution in [1.82, 2.24) is 9.55 Å². The summed E-state index contributed by atoms with van der Waals surface area (Å²) in [7, 11) is 0. The Bertz CT molecular complexity index is 3150. The van der Waals surface area contributed by atoms with E-state index in [0.29, 0.717) is 24.4 Å². The molecule has 9 rings (SSSR count). The van der Waals surface area contributed by atoms with E-state index in [2.05, 4.69) is 246 Å². The predicted octanol–water partition coefficient (Wildman–Crippen LogP) is 18.1. The van der Waals surface area contributed by atoms with E-state index >= 15 is 0 Å². The summed E-state index contributed by atoms with van der Waals surface area (Å²) < 4.78 is 9.33. The lowest BCUT2D eigenvalue weighted by Crippen LogP contribution is -2.24. The number of rotatable bonds is 9. The van der Waals surface area contributed by atoms with E-state index in [0.717, 1.165) is 34.0 Å². The van der Waals surface area contributed by atoms with Crippen LogP contribution in [0.2, 0.25) is 0 Å². The summed E-state index contributed by atoms with van der Waals surface area (Å²) in [6, 6.07) is 47.6. The smallest absolute Gasteiger partial charge is 0.137 e. The first-order valence-corrected chi connectivity index (χ1v) is 24.9. The Morgan fingerprint density at radius 3 is 1.79 bits per heavy atom. The Balaban J connectivity index is 1.15. The number of hydrogen-bond acceptors (Lipinski definition) is 4. The van der Waals surface area contributed by atoms with E-state index in [1.807, 2.05) is 6.20 Å². The maximum atomic E-state index is 7.04. The van der Waals surface area contributed by atoms with Crippen molar-refractivity contribution in [3.8, 4) is 28.4 Å². The number of nitrogens with zero attached hydrogens (tertiary/aromatic N) is 4. The minimum absolute atomic E-state index is 0.0130. The normalized spacial score (nSPS) is 13.5. The highest BCUT2D eigenvalue weighted by Crippen LogP contribution is 2.49. The molecule has 0 radical (unpaired) electrons. The van der Waals surface area contributed by atoms with Gasteiger partial charge in [-0.15, -0.1) is 0 Å². The third-order valence-electron chi connectivity index (χ3n) is 14.1. The molecule has 5 nitrogen and oxygen atoms in total. The molecule has 6 aromatic carbocycles. The highest BCUT2D eigenvalue weighted by atomic mass is 16.5. The summed E-state index contributed by atoms with van der Waals surface area (Å²) >= 11 is 0. The number of pyridine rings is 1. The lowest BCUT2D eigenvalue weighted by molar-refractivity contribution is 0.479. The number of para-hydroxylation sites is 1. The standard InChI is InChI=1S/C63H72N4O/c1-39(2)43-30-53(40(3)4)60(54(31-43)41(5)6)42-19-18-20-47(29-42)65-38-66(58-34-44(61(7,8)9)23-26-56(58)65)48-32-46(63(13,14)15)33-50(36-48)68-49-24-25-52-51-21-16-17-22-55(51)67(57(52)37-49)59-35-45(27-28-64-59)62(10,11)12/h16-37,39-41H,38H2,1-15H3. The van der Waals surface area contributed by atoms with E-state index in [1.54, 1.807) is 0 Å². The molecule has 0 N–H and O–H groups in total. The van der Waals surface area contributed by atoms with E-state index in [4.69, 9.17) is 9.72 Å². The van der Waals surface area contributed by atoms with Crippen molar-refractivity contribution in [3.63, 3.8) is 0 Å². The molecule has 1 aliphatic rings. The molecule has 0 fully saturated rings. The fourth-order valence-corrected chi connectivity index (χ4v) is 9.92. The number of ether oxygens (including phenoxy) is 1. The van der Waals surface area contributed by atoms with Gasteiger partial charge >= 0.3 is 0 Å². The number of benzene rings is 6. The zero-order valence-corrected chi connectivity index (χ0v) is 43.3. The van der Waals surface area contributed by atoms with Crippen LogP contribution in [0.15, 0.2) is 134 Å². The molecule has 5 heteroatoms. The second-order valence-corrected chi connectivity index (χ2v) is 23.3. The molecule has 0 saturated carbocycles. The van der Waals surface area contributed by atoms with Crippen LogP contribution < -0.4 is 14.5 Å². The summed E-state index contributed by atoms with van der Waals surface area (Å²) in [6.07, 6.45) is 1.94. The fourth-order valence-electron chi connectivity index (χ4n) is 9.92. The van der Waals surface area contributed by atoms with Crippen molar-refractivity contribution in [2.24, 2.45) is 0 Å². The van der Waals surface area contributed by atoms with E-state index in [9.17, 15) is 0 Å². The molecular formula is C63H72N4O. The number of fused-ring (bicyclic) bond motifs is 4. The van der Waals surface area contributed by atoms with Gasteiger partial charge in [0.2, 0.25) is 0 Å². The number of hydrogen-bond donors (Lipinski definition) is 0. The predicted molar refractivity (Wildman–Crippen MR) is 291 cm³/mol. The molecule has 0 saturated heterocycles. The summed E-state index contributed by atoms with van der Waals surface area (Å²) in [5.74, 6) is 3.75. The molecule has 2 aromatic heterocycles. The second kappa shape index (κ2) is 17.3. The summed E-state index contributed by atoms with van der Waals surface area (Å²) in [5, 5.41) is 2.36. The van der Waals surface area contributed by atoms with Gasteiger partial charge in [0, 0.05) is 40.5 Å². The van der Waals surface area contributed by atoms with Crippen LogP contribution in [0.3, 0.4) is 0 Å². The highest BCUT2D eigenvalue weighted by molar-refractivity contribution is 6.09. The van der Waals surface area contributed by atoms with Gasteiger partial charge in [-0.1, -0.05) is 152 Å². The molecule has 0 atom stereocenters. The van der Waals surface area contributed by atoms with Crippen LogP contribution in [0.25, 0.3) is 38.8 Å². The number of anilines is 4. The van der Waals surface area contributed by atoms with Crippen LogP contribution in [-0.2, 0) is 16.2 Å². The lowest BCUT2D eigenvalue weighted by atomic mass is 9.81. The maximum absolute atomic E-state index is 7.04. The average Bonchev–Trinajstić information content (AvgIpc) is 3.83. The fraction of sp³-hybridized carbons (Fsp3) is 0.349. The Kier molecular flexibility index (Phi) is 11.9. The molecule has 0 aliphatic carbocycles. The van der Waals surface area contributed by atoms with E-state index < -0.39 is 0 Å². The quantitative estimate of drug-likeness (QED) is 0.145. The van der Waals surface area contributed by atoms with Crippen LogP contribution in [0.1, 0.15) is 155 Å². The second-order valence-electron chi connectivity index (χ2n) is 23.3. The first-order valence-electron chi connectivity index (χ1n) is 24.9. The van der Waals surface area contributed by atoms with E-state index in [-0.39, 0.29) is 16.2 Å². The molecule has 0 spiro atoms. The van der Waals surface area contributed by atoms with Crippen LogP contribution in [0.5, 0.6) is 11.5 Å². The molecule has 0 unspecified atom stereocenters. The SMILES string of the molecule is CC(C)c1cc(C(C)C)c(-c2cccc(N3CN(c4cc(Oc5ccc6c7ccccc7n(-c7cc(C(C)(C)C)ccn7)c6c5)cc(C(C)(C)C)c4)c4cc(C(C)(C)C)ccc43)c2)c(C(C)C)c1. The third kappa shape index (κ3) is 8.81. The zero-order chi connectivity index (χ0) is 48.6. The van der Waals surface area contributed by atoms with Crippen molar-refractivity contribution in [2.75, 3.05) is 16.5 Å². The minimum atomic E-state index is -0.134. The first-order chi connectivity index (χ1) is 32.1. The Morgan fingerprint density at radius 2 is 1.13 bits per heavy atom. The summed E-state index contributed by atoms with van der Waals surface area (Å²) in [5.41, 5.74) is 17.4. The van der Waals surface area contributed by atoms with Gasteiger partial charge < -0.3 is 14.5 Å². The van der Waals surface area contributed by atoms with Gasteiger partial charge in [-0.25, -0.2) is 4.98 Å². The van der Waals surface area contributed by atoms with Gasteiger partial charge in [0.25, 0.3) is 0 Å². The van der Waals surface area contributed by atoms with Crippen LogP contribution in [0, 0.1) is 0 Å². The van der Waals surface area contributed by atoms with Crippen molar-refractivity contribution in [2.45, 2.75) is 138 Å². The summed E-state index contributed by atoms with van der Waals surface area (Å²) in [6.45, 7) is 35.2. The van der Waals surface area contributed by atoms with Gasteiger partial charge in [0.05, 0.1) is 22.4 Å². The monoisotopic (exact) mass is 901 g/mol. The molecule has 8 aromatic rings. The van der Waals surface area contributed by atoms with Crippen molar-refractivity contribution in [1.29, 1.82) is 0 Å². The molecule has 3 heterocycles. The molecule has 0 amide bonds. The number of aromatic nitrogens is 2. The van der Waals surface area contributed by atoms with Crippen LogP contribution in [-0.4, -0.2) is 16.2 Å². The average molecular weight is 901 g/mol. The topological polar surface area (TPSA) is 33.5 Å². The molecule has 0 bridgehead atoms. The van der Waals surface area contributed by atoms with Crippen molar-refractivity contribution in [3.05, 3.63) is 167 Å². The van der Waals surface area contributed by atoms with Gasteiger partial charge in [0.1, 0.15) is 24.0 Å². The van der Waals surface area contributed by atoms with E-state index in [1.165, 1.54) is 72.3 Å².